The van der Waals surface area contributed by atoms with Crippen molar-refractivity contribution < 1.29 is 14.3 Å². The van der Waals surface area contributed by atoms with Gasteiger partial charge in [-0.25, -0.2) is 4.79 Å². The zero-order valence-corrected chi connectivity index (χ0v) is 7.32. The highest BCUT2D eigenvalue weighted by Crippen LogP contribution is 2.18. The Morgan fingerprint density at radius 3 is 3.08 bits per heavy atom. The van der Waals surface area contributed by atoms with E-state index in [2.05, 4.69) is 4.74 Å². The number of hydrogen-bond donors (Lipinski definition) is 0. The molecule has 1 saturated heterocycles. The molecule has 0 bridgehead atoms. The van der Waals surface area contributed by atoms with Crippen LogP contribution in [-0.2, 0) is 14.3 Å². The Labute approximate surface area is 75.9 Å². The lowest BCUT2D eigenvalue weighted by Crippen LogP contribution is -2.39. The molecule has 0 unspecified atom stereocenters. The Morgan fingerprint density at radius 1 is 1.85 bits per heavy atom. The summed E-state index contributed by atoms with van der Waals surface area (Å²) in [5, 5.41) is 8.42. The zero-order chi connectivity index (χ0) is 9.84. The molecule has 1 rings (SSSR count). The average Bonchev–Trinajstić information content (AvgIpc) is 2.48. The van der Waals surface area contributed by atoms with Crippen LogP contribution >= 0.6 is 0 Å². The van der Waals surface area contributed by atoms with Crippen molar-refractivity contribution in [2.45, 2.75) is 18.9 Å². The molecule has 0 aromatic heterocycles. The van der Waals surface area contributed by atoms with Crippen molar-refractivity contribution >= 4 is 11.9 Å². The molecule has 1 amide bonds. The molecule has 5 nitrogen and oxygen atoms in total. The molecule has 0 aromatic carbocycles. The van der Waals surface area contributed by atoms with Crippen LogP contribution in [0.1, 0.15) is 12.8 Å². The number of carbonyl (C=O) groups is 2. The Hall–Kier alpha value is -1.57. The third-order valence-corrected chi connectivity index (χ3v) is 2.04. The predicted molar refractivity (Wildman–Crippen MR) is 42.4 cm³/mol. The molecule has 0 spiro atoms. The SMILES string of the molecule is COC(=O)[C@@H]1CCC(=O)N1CC#N. The van der Waals surface area contributed by atoms with Gasteiger partial charge in [0.25, 0.3) is 0 Å². The zero-order valence-electron chi connectivity index (χ0n) is 7.32. The number of hydrogen-bond acceptors (Lipinski definition) is 4. The van der Waals surface area contributed by atoms with Crippen LogP contribution in [0.25, 0.3) is 0 Å². The molecule has 0 saturated carbocycles. The van der Waals surface area contributed by atoms with Crippen molar-refractivity contribution in [3.63, 3.8) is 0 Å². The molecule has 1 heterocycles. The van der Waals surface area contributed by atoms with Crippen LogP contribution in [0.3, 0.4) is 0 Å². The van der Waals surface area contributed by atoms with Crippen molar-refractivity contribution in [3.8, 4) is 6.07 Å². The summed E-state index contributed by atoms with van der Waals surface area (Å²) in [6.07, 6.45) is 0.772. The first-order valence-electron chi connectivity index (χ1n) is 3.95. The number of ether oxygens (including phenoxy) is 1. The second-order valence-electron chi connectivity index (χ2n) is 2.76. The third kappa shape index (κ3) is 1.78. The summed E-state index contributed by atoms with van der Waals surface area (Å²) in [6, 6.07) is 1.29. The monoisotopic (exact) mass is 182 g/mol. The van der Waals surface area contributed by atoms with Crippen LogP contribution in [0.5, 0.6) is 0 Å². The number of rotatable bonds is 2. The van der Waals surface area contributed by atoms with Crippen molar-refractivity contribution in [1.82, 2.24) is 4.90 Å². The van der Waals surface area contributed by atoms with E-state index in [1.54, 1.807) is 0 Å². The van der Waals surface area contributed by atoms with Gasteiger partial charge in [0, 0.05) is 6.42 Å². The number of nitrogens with zero attached hydrogens (tertiary/aromatic N) is 2. The van der Waals surface area contributed by atoms with Crippen molar-refractivity contribution in [2.75, 3.05) is 13.7 Å². The standard InChI is InChI=1S/C8H10N2O3/c1-13-8(12)6-2-3-7(11)10(6)5-4-9/h6H,2-3,5H2,1H3/t6-/m0/s1. The molecule has 0 aromatic rings. The fourth-order valence-electron chi connectivity index (χ4n) is 1.39. The largest absolute Gasteiger partial charge is 0.467 e. The van der Waals surface area contributed by atoms with E-state index < -0.39 is 12.0 Å². The van der Waals surface area contributed by atoms with Gasteiger partial charge in [0.15, 0.2) is 0 Å². The summed E-state index contributed by atoms with van der Waals surface area (Å²) in [5.41, 5.74) is 0. The Balaban J connectivity index is 2.70. The number of carbonyl (C=O) groups excluding carboxylic acids is 2. The van der Waals surface area contributed by atoms with E-state index in [0.29, 0.717) is 12.8 Å². The number of likely N-dealkylation sites (tertiary alicyclic amines) is 1. The lowest BCUT2D eigenvalue weighted by atomic mass is 10.2. The normalized spacial score (nSPS) is 21.4. The van der Waals surface area contributed by atoms with Crippen molar-refractivity contribution in [1.29, 1.82) is 5.26 Å². The van der Waals surface area contributed by atoms with Gasteiger partial charge in [-0.3, -0.25) is 4.79 Å². The molecule has 1 atom stereocenters. The van der Waals surface area contributed by atoms with E-state index >= 15 is 0 Å². The fourth-order valence-corrected chi connectivity index (χ4v) is 1.39. The Bertz CT molecular complexity index is 269. The first kappa shape index (κ1) is 9.52. The molecule has 1 aliphatic rings. The fraction of sp³-hybridized carbons (Fsp3) is 0.625. The first-order valence-corrected chi connectivity index (χ1v) is 3.95. The van der Waals surface area contributed by atoms with E-state index in [-0.39, 0.29) is 12.5 Å². The molecule has 13 heavy (non-hydrogen) atoms. The molecule has 5 heteroatoms. The van der Waals surface area contributed by atoms with Crippen molar-refractivity contribution in [2.24, 2.45) is 0 Å². The molecule has 0 aliphatic carbocycles. The number of amides is 1. The maximum absolute atomic E-state index is 11.2. The second-order valence-corrected chi connectivity index (χ2v) is 2.76. The maximum atomic E-state index is 11.2. The minimum atomic E-state index is -0.558. The van der Waals surface area contributed by atoms with E-state index in [9.17, 15) is 9.59 Å². The number of methoxy groups -OCH3 is 1. The van der Waals surface area contributed by atoms with E-state index in [4.69, 9.17) is 5.26 Å². The van der Waals surface area contributed by atoms with Crippen LogP contribution in [0.2, 0.25) is 0 Å². The van der Waals surface area contributed by atoms with Gasteiger partial charge >= 0.3 is 5.97 Å². The lowest BCUT2D eigenvalue weighted by Gasteiger charge is -2.18. The highest BCUT2D eigenvalue weighted by Gasteiger charge is 2.36. The first-order chi connectivity index (χ1) is 6.20. The highest BCUT2D eigenvalue weighted by atomic mass is 16.5. The summed E-state index contributed by atoms with van der Waals surface area (Å²) >= 11 is 0. The Morgan fingerprint density at radius 2 is 2.54 bits per heavy atom. The number of esters is 1. The lowest BCUT2D eigenvalue weighted by molar-refractivity contribution is -0.148. The Kier molecular flexibility index (Phi) is 2.85. The number of nitriles is 1. The molecule has 0 radical (unpaired) electrons. The van der Waals surface area contributed by atoms with Gasteiger partial charge in [0.1, 0.15) is 12.6 Å². The molecular formula is C8H10N2O3. The van der Waals surface area contributed by atoms with Gasteiger partial charge < -0.3 is 9.64 Å². The van der Waals surface area contributed by atoms with Gasteiger partial charge in [0.05, 0.1) is 13.2 Å². The van der Waals surface area contributed by atoms with Gasteiger partial charge in [0.2, 0.25) is 5.91 Å². The summed E-state index contributed by atoms with van der Waals surface area (Å²) in [7, 11) is 1.27. The van der Waals surface area contributed by atoms with E-state index in [1.165, 1.54) is 12.0 Å². The summed E-state index contributed by atoms with van der Waals surface area (Å²) in [4.78, 5) is 23.5. The van der Waals surface area contributed by atoms with Crippen LogP contribution < -0.4 is 0 Å². The topological polar surface area (TPSA) is 70.4 Å². The van der Waals surface area contributed by atoms with Gasteiger partial charge in [-0.05, 0) is 6.42 Å². The highest BCUT2D eigenvalue weighted by molar-refractivity contribution is 5.88. The van der Waals surface area contributed by atoms with Crippen molar-refractivity contribution in [3.05, 3.63) is 0 Å². The van der Waals surface area contributed by atoms with Gasteiger partial charge in [-0.2, -0.15) is 5.26 Å². The quantitative estimate of drug-likeness (QED) is 0.433. The second kappa shape index (κ2) is 3.90. The third-order valence-electron chi connectivity index (χ3n) is 2.04. The van der Waals surface area contributed by atoms with Gasteiger partial charge in [-0.15, -0.1) is 0 Å². The van der Waals surface area contributed by atoms with E-state index in [0.717, 1.165) is 0 Å². The maximum Gasteiger partial charge on any atom is 0.328 e. The van der Waals surface area contributed by atoms with Crippen LogP contribution in [0.4, 0.5) is 0 Å². The van der Waals surface area contributed by atoms with E-state index in [1.807, 2.05) is 6.07 Å². The molecule has 70 valence electrons. The summed E-state index contributed by atoms with van der Waals surface area (Å²) in [5.74, 6) is -0.599. The molecule has 1 fully saturated rings. The van der Waals surface area contributed by atoms with Gasteiger partial charge in [-0.1, -0.05) is 0 Å². The van der Waals surface area contributed by atoms with Crippen LogP contribution in [-0.4, -0.2) is 36.5 Å². The van der Waals surface area contributed by atoms with Crippen LogP contribution in [0, 0.1) is 11.3 Å². The minimum absolute atomic E-state index is 0.0431. The molecule has 0 N–H and O–H groups in total. The minimum Gasteiger partial charge on any atom is -0.467 e. The summed E-state index contributed by atoms with van der Waals surface area (Å²) < 4.78 is 4.52. The van der Waals surface area contributed by atoms with Crippen LogP contribution in [0.15, 0.2) is 0 Å². The predicted octanol–water partition coefficient (Wildman–Crippen LogP) is -0.326. The summed E-state index contributed by atoms with van der Waals surface area (Å²) in [6.45, 7) is -0.0431. The smallest absolute Gasteiger partial charge is 0.328 e. The average molecular weight is 182 g/mol. The molecule has 1 aliphatic heterocycles. The molecular weight excluding hydrogens is 172 g/mol.